The number of hydrogen-bond donors (Lipinski definition) is 1. The summed E-state index contributed by atoms with van der Waals surface area (Å²) < 4.78 is 1.54. The van der Waals surface area contributed by atoms with E-state index in [1.165, 1.54) is 4.68 Å². The molecule has 0 fully saturated rings. The molecule has 2 aromatic heterocycles. The Hall–Kier alpha value is -2.35. The van der Waals surface area contributed by atoms with Crippen LogP contribution in [-0.2, 0) is 0 Å². The van der Waals surface area contributed by atoms with Crippen molar-refractivity contribution < 1.29 is 0 Å². The average molecular weight is 199 g/mol. The minimum absolute atomic E-state index is 0.362. The number of nitriles is 1. The first-order valence-electron chi connectivity index (χ1n) is 4.39. The maximum absolute atomic E-state index is 8.86. The smallest absolute Gasteiger partial charge is 0.145 e. The van der Waals surface area contributed by atoms with Crippen LogP contribution in [0.3, 0.4) is 0 Å². The molecular formula is C10H9N5. The first kappa shape index (κ1) is 9.21. The molecule has 0 amide bonds. The van der Waals surface area contributed by atoms with E-state index in [9.17, 15) is 0 Å². The van der Waals surface area contributed by atoms with E-state index >= 15 is 0 Å². The number of anilines is 1. The van der Waals surface area contributed by atoms with Gasteiger partial charge in [-0.15, -0.1) is 0 Å². The van der Waals surface area contributed by atoms with Crippen molar-refractivity contribution in [1.82, 2.24) is 14.8 Å². The highest BCUT2D eigenvalue weighted by molar-refractivity contribution is 5.55. The van der Waals surface area contributed by atoms with Crippen LogP contribution in [0.1, 0.15) is 11.3 Å². The van der Waals surface area contributed by atoms with Crippen LogP contribution < -0.4 is 5.73 Å². The molecular weight excluding hydrogens is 190 g/mol. The monoisotopic (exact) mass is 199 g/mol. The number of aromatic nitrogens is 3. The van der Waals surface area contributed by atoms with E-state index in [2.05, 4.69) is 10.1 Å². The van der Waals surface area contributed by atoms with Gasteiger partial charge in [-0.2, -0.15) is 10.4 Å². The number of nitrogen functional groups attached to an aromatic ring is 1. The van der Waals surface area contributed by atoms with Crippen molar-refractivity contribution in [2.24, 2.45) is 0 Å². The van der Waals surface area contributed by atoms with Gasteiger partial charge in [0, 0.05) is 12.4 Å². The van der Waals surface area contributed by atoms with Crippen LogP contribution in [0.5, 0.6) is 0 Å². The van der Waals surface area contributed by atoms with Crippen molar-refractivity contribution in [3.8, 4) is 11.8 Å². The summed E-state index contributed by atoms with van der Waals surface area (Å²) in [6.07, 6.45) is 3.30. The molecule has 0 saturated heterocycles. The summed E-state index contributed by atoms with van der Waals surface area (Å²) >= 11 is 0. The van der Waals surface area contributed by atoms with Crippen LogP contribution >= 0.6 is 0 Å². The maximum Gasteiger partial charge on any atom is 0.145 e. The summed E-state index contributed by atoms with van der Waals surface area (Å²) in [7, 11) is 0. The molecule has 0 radical (unpaired) electrons. The summed E-state index contributed by atoms with van der Waals surface area (Å²) in [6, 6.07) is 5.59. The third-order valence-electron chi connectivity index (χ3n) is 2.12. The molecule has 0 unspecified atom stereocenters. The van der Waals surface area contributed by atoms with E-state index in [0.717, 1.165) is 5.69 Å². The van der Waals surface area contributed by atoms with E-state index in [0.29, 0.717) is 17.1 Å². The molecule has 2 heterocycles. The number of nitrogens with two attached hydrogens (primary N) is 1. The lowest BCUT2D eigenvalue weighted by atomic mass is 10.3. The lowest BCUT2D eigenvalue weighted by Crippen LogP contribution is -2.02. The van der Waals surface area contributed by atoms with Crippen LogP contribution in [0.25, 0.3) is 5.69 Å². The van der Waals surface area contributed by atoms with Gasteiger partial charge in [0.05, 0.1) is 11.4 Å². The molecule has 5 nitrogen and oxygen atoms in total. The molecule has 2 aromatic rings. The van der Waals surface area contributed by atoms with Gasteiger partial charge in [-0.1, -0.05) is 0 Å². The molecule has 0 spiro atoms. The van der Waals surface area contributed by atoms with Gasteiger partial charge in [0.1, 0.15) is 17.5 Å². The Morgan fingerprint density at radius 3 is 2.60 bits per heavy atom. The largest absolute Gasteiger partial charge is 0.382 e. The maximum atomic E-state index is 8.86. The number of hydrogen-bond acceptors (Lipinski definition) is 4. The normalized spacial score (nSPS) is 9.87. The standard InChI is InChI=1S/C10H9N5/c1-7-9(6-11)10(12)15(14-7)8-2-4-13-5-3-8/h2-5H,12H2,1H3. The molecule has 0 atom stereocenters. The van der Waals surface area contributed by atoms with E-state index in [-0.39, 0.29) is 0 Å². The second-order valence-electron chi connectivity index (χ2n) is 3.07. The van der Waals surface area contributed by atoms with Crippen LogP contribution in [-0.4, -0.2) is 14.8 Å². The molecule has 2 N–H and O–H groups in total. The molecule has 0 aromatic carbocycles. The fourth-order valence-corrected chi connectivity index (χ4v) is 1.37. The number of pyridine rings is 1. The lowest BCUT2D eigenvalue weighted by molar-refractivity contribution is 0.869. The molecule has 0 aliphatic rings. The Labute approximate surface area is 86.8 Å². The number of aryl methyl sites for hydroxylation is 1. The zero-order valence-electron chi connectivity index (χ0n) is 8.18. The third kappa shape index (κ3) is 1.42. The predicted octanol–water partition coefficient (Wildman–Crippen LogP) is 1.03. The number of nitrogens with zero attached hydrogens (tertiary/aromatic N) is 4. The summed E-state index contributed by atoms with van der Waals surface area (Å²) in [5.41, 5.74) is 7.66. The highest BCUT2D eigenvalue weighted by atomic mass is 15.3. The van der Waals surface area contributed by atoms with E-state index < -0.39 is 0 Å². The molecule has 0 aliphatic carbocycles. The average Bonchev–Trinajstić information content (AvgIpc) is 2.55. The fraction of sp³-hybridized carbons (Fsp3) is 0.100. The lowest BCUT2D eigenvalue weighted by Gasteiger charge is -2.01. The topological polar surface area (TPSA) is 80.5 Å². The molecule has 74 valence electrons. The zero-order valence-corrected chi connectivity index (χ0v) is 8.18. The van der Waals surface area contributed by atoms with Crippen molar-refractivity contribution in [3.63, 3.8) is 0 Å². The van der Waals surface area contributed by atoms with Crippen molar-refractivity contribution >= 4 is 5.82 Å². The van der Waals surface area contributed by atoms with Crippen LogP contribution in [0.4, 0.5) is 5.82 Å². The van der Waals surface area contributed by atoms with Gasteiger partial charge in [0.15, 0.2) is 0 Å². The Balaban J connectivity index is 2.62. The Morgan fingerprint density at radius 1 is 1.40 bits per heavy atom. The second kappa shape index (κ2) is 3.42. The first-order chi connectivity index (χ1) is 7.24. The quantitative estimate of drug-likeness (QED) is 0.743. The van der Waals surface area contributed by atoms with Gasteiger partial charge in [-0.3, -0.25) is 4.98 Å². The highest BCUT2D eigenvalue weighted by Gasteiger charge is 2.12. The van der Waals surface area contributed by atoms with Crippen LogP contribution in [0, 0.1) is 18.3 Å². The van der Waals surface area contributed by atoms with Crippen molar-refractivity contribution in [2.45, 2.75) is 6.92 Å². The fourth-order valence-electron chi connectivity index (χ4n) is 1.37. The zero-order chi connectivity index (χ0) is 10.8. The first-order valence-corrected chi connectivity index (χ1v) is 4.39. The molecule has 0 saturated carbocycles. The van der Waals surface area contributed by atoms with E-state index in [4.69, 9.17) is 11.0 Å². The van der Waals surface area contributed by atoms with Gasteiger partial charge in [0.2, 0.25) is 0 Å². The van der Waals surface area contributed by atoms with Gasteiger partial charge >= 0.3 is 0 Å². The summed E-state index contributed by atoms with van der Waals surface area (Å²) in [4.78, 5) is 3.90. The molecule has 0 aliphatic heterocycles. The predicted molar refractivity (Wildman–Crippen MR) is 55.2 cm³/mol. The SMILES string of the molecule is Cc1nn(-c2ccncc2)c(N)c1C#N. The van der Waals surface area contributed by atoms with Crippen molar-refractivity contribution in [3.05, 3.63) is 35.8 Å². The molecule has 15 heavy (non-hydrogen) atoms. The summed E-state index contributed by atoms with van der Waals surface area (Å²) in [5.74, 6) is 0.362. The Kier molecular flexibility index (Phi) is 2.10. The second-order valence-corrected chi connectivity index (χ2v) is 3.07. The van der Waals surface area contributed by atoms with Crippen molar-refractivity contribution in [1.29, 1.82) is 5.26 Å². The Morgan fingerprint density at radius 2 is 2.07 bits per heavy atom. The van der Waals surface area contributed by atoms with Crippen LogP contribution in [0.15, 0.2) is 24.5 Å². The van der Waals surface area contributed by atoms with Gasteiger partial charge < -0.3 is 5.73 Å². The minimum atomic E-state index is 0.362. The summed E-state index contributed by atoms with van der Waals surface area (Å²) in [5, 5.41) is 13.1. The minimum Gasteiger partial charge on any atom is -0.382 e. The third-order valence-corrected chi connectivity index (χ3v) is 2.12. The van der Waals surface area contributed by atoms with E-state index in [1.54, 1.807) is 31.5 Å². The Bertz CT molecular complexity index is 521. The summed E-state index contributed by atoms with van der Waals surface area (Å²) in [6.45, 7) is 1.76. The molecule has 5 heteroatoms. The van der Waals surface area contributed by atoms with Gasteiger partial charge in [-0.05, 0) is 19.1 Å². The van der Waals surface area contributed by atoms with E-state index in [1.807, 2.05) is 6.07 Å². The number of rotatable bonds is 1. The van der Waals surface area contributed by atoms with Gasteiger partial charge in [0.25, 0.3) is 0 Å². The van der Waals surface area contributed by atoms with Crippen LogP contribution in [0.2, 0.25) is 0 Å². The van der Waals surface area contributed by atoms with Gasteiger partial charge in [-0.25, -0.2) is 4.68 Å². The molecule has 2 rings (SSSR count). The molecule has 0 bridgehead atoms. The highest BCUT2D eigenvalue weighted by Crippen LogP contribution is 2.18. The van der Waals surface area contributed by atoms with Crippen molar-refractivity contribution in [2.75, 3.05) is 5.73 Å².